The molecule has 2 heterocycles. The largest absolute Gasteiger partial charge is 0.320 e. The van der Waals surface area contributed by atoms with Crippen molar-refractivity contribution in [3.63, 3.8) is 0 Å². The number of hydrogen-bond donors (Lipinski definition) is 2. The zero-order chi connectivity index (χ0) is 16.0. The molecule has 1 saturated heterocycles. The second-order valence-electron chi connectivity index (χ2n) is 5.92. The van der Waals surface area contributed by atoms with Gasteiger partial charge in [0, 0.05) is 26.3 Å². The van der Waals surface area contributed by atoms with Crippen LogP contribution in [0.4, 0.5) is 0 Å². The van der Waals surface area contributed by atoms with Crippen molar-refractivity contribution < 1.29 is 8.42 Å². The van der Waals surface area contributed by atoms with Gasteiger partial charge in [0.2, 0.25) is 10.0 Å². The Morgan fingerprint density at radius 3 is 2.57 bits per heavy atom. The van der Waals surface area contributed by atoms with E-state index in [0.717, 1.165) is 32.1 Å². The van der Waals surface area contributed by atoms with Crippen molar-refractivity contribution in [2.24, 2.45) is 13.0 Å². The topological polar surface area (TPSA) is 79.3 Å². The van der Waals surface area contributed by atoms with Gasteiger partial charge in [0.25, 0.3) is 0 Å². The van der Waals surface area contributed by atoms with Gasteiger partial charge >= 0.3 is 0 Å². The molecule has 2 rings (SSSR count). The van der Waals surface area contributed by atoms with Gasteiger partial charge in [0.15, 0.2) is 0 Å². The molecule has 1 aliphatic rings. The summed E-state index contributed by atoms with van der Waals surface area (Å²) >= 11 is 0. The minimum Gasteiger partial charge on any atom is -0.320 e. The maximum atomic E-state index is 12.1. The fraction of sp³-hybridized carbons (Fsp3) is 0.786. The summed E-state index contributed by atoms with van der Waals surface area (Å²) in [5.74, 6) is 0.802. The third-order valence-electron chi connectivity index (χ3n) is 4.22. The van der Waals surface area contributed by atoms with Crippen LogP contribution in [0.5, 0.6) is 0 Å². The molecule has 0 saturated carbocycles. The summed E-state index contributed by atoms with van der Waals surface area (Å²) in [6.45, 7) is 4.40. The lowest BCUT2D eigenvalue weighted by atomic mass is 9.93. The molecule has 0 atom stereocenters. The normalized spacial score (nSPS) is 17.1. The van der Waals surface area contributed by atoms with Gasteiger partial charge in [-0.25, -0.2) is 13.1 Å². The Morgan fingerprint density at radius 2 is 2.00 bits per heavy atom. The van der Waals surface area contributed by atoms with Gasteiger partial charge in [0.05, 0.1) is 6.20 Å². The van der Waals surface area contributed by atoms with Crippen LogP contribution < -0.4 is 10.0 Å². The highest BCUT2D eigenvalue weighted by molar-refractivity contribution is 7.89. The van der Waals surface area contributed by atoms with Crippen LogP contribution in [-0.2, 0) is 17.1 Å². The van der Waals surface area contributed by atoms with Gasteiger partial charge < -0.3 is 10.2 Å². The summed E-state index contributed by atoms with van der Waals surface area (Å²) in [6, 6.07) is 0. The molecule has 23 heavy (non-hydrogen) atoms. The van der Waals surface area contributed by atoms with Gasteiger partial charge in [-0.05, 0) is 51.9 Å². The molecule has 2 N–H and O–H groups in total. The maximum absolute atomic E-state index is 12.1. The number of rotatable bonds is 8. The molecule has 134 valence electrons. The van der Waals surface area contributed by atoms with Crippen LogP contribution in [0, 0.1) is 5.92 Å². The van der Waals surface area contributed by atoms with E-state index in [1.807, 2.05) is 7.05 Å². The van der Waals surface area contributed by atoms with Crippen molar-refractivity contribution in [1.29, 1.82) is 0 Å². The summed E-state index contributed by atoms with van der Waals surface area (Å²) in [5.41, 5.74) is 0. The lowest BCUT2D eigenvalue weighted by Crippen LogP contribution is -2.39. The molecule has 0 radical (unpaired) electrons. The number of hydrogen-bond acceptors (Lipinski definition) is 5. The van der Waals surface area contributed by atoms with E-state index in [1.54, 1.807) is 7.05 Å². The van der Waals surface area contributed by atoms with E-state index in [4.69, 9.17) is 0 Å². The molecule has 0 spiro atoms. The van der Waals surface area contributed by atoms with E-state index >= 15 is 0 Å². The molecule has 0 unspecified atom stereocenters. The molecule has 0 aromatic carbocycles. The molecule has 1 aliphatic heterocycles. The molecule has 1 fully saturated rings. The Balaban J connectivity index is 0.00000264. The van der Waals surface area contributed by atoms with Gasteiger partial charge in [-0.1, -0.05) is 0 Å². The molecule has 9 heteroatoms. The number of aryl methyl sites for hydroxylation is 1. The summed E-state index contributed by atoms with van der Waals surface area (Å²) in [4.78, 5) is 2.56. The summed E-state index contributed by atoms with van der Waals surface area (Å²) < 4.78 is 28.3. The van der Waals surface area contributed by atoms with Crippen LogP contribution in [0.1, 0.15) is 19.3 Å². The van der Waals surface area contributed by atoms with E-state index < -0.39 is 10.0 Å². The van der Waals surface area contributed by atoms with E-state index in [2.05, 4.69) is 20.0 Å². The first-order valence-corrected chi connectivity index (χ1v) is 9.35. The summed E-state index contributed by atoms with van der Waals surface area (Å²) in [5, 5.41) is 7.09. The first-order valence-electron chi connectivity index (χ1n) is 7.86. The average molecular weight is 366 g/mol. The molecular formula is C14H28ClN5O2S. The van der Waals surface area contributed by atoms with E-state index in [-0.39, 0.29) is 17.3 Å². The molecule has 7 nitrogen and oxygen atoms in total. The second kappa shape index (κ2) is 9.58. The van der Waals surface area contributed by atoms with Crippen molar-refractivity contribution >= 4 is 22.4 Å². The van der Waals surface area contributed by atoms with Crippen LogP contribution in [0.2, 0.25) is 0 Å². The third kappa shape index (κ3) is 6.39. The molecule has 1 aromatic heterocycles. The standard InChI is InChI=1S/C14H27N5O2S.ClH/c1-15-6-3-13-4-8-19(9-5-13)10-7-17-22(20,21)14-11-16-18(2)12-14;/h11-13,15,17H,3-10H2,1-2H3;1H. The summed E-state index contributed by atoms with van der Waals surface area (Å²) in [7, 11) is 0.264. The first kappa shape index (κ1) is 20.4. The van der Waals surface area contributed by atoms with Crippen molar-refractivity contribution in [3.05, 3.63) is 12.4 Å². The van der Waals surface area contributed by atoms with Crippen LogP contribution in [0.15, 0.2) is 17.3 Å². The Labute approximate surface area is 145 Å². The number of piperidine rings is 1. The number of halogens is 1. The number of nitrogens with zero attached hydrogens (tertiary/aromatic N) is 3. The Bertz CT molecular complexity index is 555. The fourth-order valence-corrected chi connectivity index (χ4v) is 3.81. The van der Waals surface area contributed by atoms with E-state index in [9.17, 15) is 8.42 Å². The fourth-order valence-electron chi connectivity index (χ4n) is 2.81. The Kier molecular flexibility index (Phi) is 8.49. The van der Waals surface area contributed by atoms with Crippen LogP contribution in [0.3, 0.4) is 0 Å². The predicted octanol–water partition coefficient (Wildman–Crippen LogP) is 0.442. The second-order valence-corrected chi connectivity index (χ2v) is 7.69. The van der Waals surface area contributed by atoms with Gasteiger partial charge in [0.1, 0.15) is 4.90 Å². The highest BCUT2D eigenvalue weighted by atomic mass is 35.5. The third-order valence-corrected chi connectivity index (χ3v) is 5.64. The minimum absolute atomic E-state index is 0. The molecular weight excluding hydrogens is 338 g/mol. The maximum Gasteiger partial charge on any atom is 0.243 e. The monoisotopic (exact) mass is 365 g/mol. The zero-order valence-corrected chi connectivity index (χ0v) is 15.5. The molecule has 1 aromatic rings. The predicted molar refractivity (Wildman–Crippen MR) is 93.4 cm³/mol. The first-order chi connectivity index (χ1) is 10.5. The molecule has 0 amide bonds. The minimum atomic E-state index is -3.43. The molecule has 0 bridgehead atoms. The van der Waals surface area contributed by atoms with Gasteiger partial charge in [-0.2, -0.15) is 5.10 Å². The van der Waals surface area contributed by atoms with E-state index in [1.165, 1.54) is 36.3 Å². The quantitative estimate of drug-likeness (QED) is 0.699. The van der Waals surface area contributed by atoms with Crippen molar-refractivity contribution in [2.45, 2.75) is 24.2 Å². The number of likely N-dealkylation sites (tertiary alicyclic amines) is 1. The van der Waals surface area contributed by atoms with Gasteiger partial charge in [-0.3, -0.25) is 4.68 Å². The van der Waals surface area contributed by atoms with Crippen LogP contribution >= 0.6 is 12.4 Å². The summed E-state index contributed by atoms with van der Waals surface area (Å²) in [6.07, 6.45) is 6.53. The van der Waals surface area contributed by atoms with Crippen molar-refractivity contribution in [3.8, 4) is 0 Å². The molecule has 0 aliphatic carbocycles. The zero-order valence-electron chi connectivity index (χ0n) is 13.9. The van der Waals surface area contributed by atoms with Crippen LogP contribution in [-0.4, -0.2) is 62.9 Å². The van der Waals surface area contributed by atoms with Gasteiger partial charge in [-0.15, -0.1) is 12.4 Å². The highest BCUT2D eigenvalue weighted by Crippen LogP contribution is 2.19. The Hall–Kier alpha value is -0.670. The number of sulfonamides is 1. The lowest BCUT2D eigenvalue weighted by Gasteiger charge is -2.31. The lowest BCUT2D eigenvalue weighted by molar-refractivity contribution is 0.182. The van der Waals surface area contributed by atoms with E-state index in [0.29, 0.717) is 6.54 Å². The number of aromatic nitrogens is 2. The average Bonchev–Trinajstić information content (AvgIpc) is 2.94. The SMILES string of the molecule is CNCCC1CCN(CCNS(=O)(=O)c2cnn(C)c2)CC1.Cl. The smallest absolute Gasteiger partial charge is 0.243 e. The van der Waals surface area contributed by atoms with Crippen molar-refractivity contribution in [2.75, 3.05) is 39.8 Å². The number of nitrogens with one attached hydrogen (secondary N) is 2. The van der Waals surface area contributed by atoms with Crippen molar-refractivity contribution in [1.82, 2.24) is 24.7 Å². The Morgan fingerprint density at radius 1 is 1.30 bits per heavy atom. The highest BCUT2D eigenvalue weighted by Gasteiger charge is 2.20. The van der Waals surface area contributed by atoms with Crippen LogP contribution in [0.25, 0.3) is 0 Å².